The Bertz CT molecular complexity index is 642. The summed E-state index contributed by atoms with van der Waals surface area (Å²) >= 11 is 0. The van der Waals surface area contributed by atoms with Crippen molar-refractivity contribution in [3.63, 3.8) is 0 Å². The van der Waals surface area contributed by atoms with E-state index in [1.165, 1.54) is 0 Å². The molecule has 0 saturated heterocycles. The van der Waals surface area contributed by atoms with E-state index in [1.807, 2.05) is 13.8 Å². The van der Waals surface area contributed by atoms with Crippen LogP contribution in [0.4, 0.5) is 5.69 Å². The van der Waals surface area contributed by atoms with E-state index in [1.54, 1.807) is 32.4 Å². The van der Waals surface area contributed by atoms with E-state index in [4.69, 9.17) is 9.47 Å². The number of nitrogens with one attached hydrogen (secondary N) is 1. The summed E-state index contributed by atoms with van der Waals surface area (Å²) in [5, 5.41) is 2.88. The van der Waals surface area contributed by atoms with Crippen molar-refractivity contribution in [3.05, 3.63) is 41.7 Å². The first-order valence-electron chi connectivity index (χ1n) is 7.19. The van der Waals surface area contributed by atoms with Gasteiger partial charge < -0.3 is 19.4 Å². The maximum absolute atomic E-state index is 12.1. The predicted octanol–water partition coefficient (Wildman–Crippen LogP) is 3.15. The molecule has 1 amide bonds. The van der Waals surface area contributed by atoms with E-state index in [0.717, 1.165) is 11.4 Å². The van der Waals surface area contributed by atoms with Crippen molar-refractivity contribution in [2.24, 2.45) is 0 Å². The predicted molar refractivity (Wildman–Crippen MR) is 86.7 cm³/mol. The highest BCUT2D eigenvalue weighted by molar-refractivity contribution is 5.92. The van der Waals surface area contributed by atoms with Gasteiger partial charge in [0.2, 0.25) is 5.91 Å². The van der Waals surface area contributed by atoms with Gasteiger partial charge in [0.25, 0.3) is 0 Å². The molecule has 0 unspecified atom stereocenters. The van der Waals surface area contributed by atoms with Crippen LogP contribution in [-0.4, -0.2) is 24.7 Å². The number of amides is 1. The Hall–Kier alpha value is -2.43. The summed E-state index contributed by atoms with van der Waals surface area (Å²) in [6, 6.07) is 9.43. The summed E-state index contributed by atoms with van der Waals surface area (Å²) in [5.74, 6) is 1.23. The topological polar surface area (TPSA) is 52.5 Å². The number of hydrogen-bond acceptors (Lipinski definition) is 3. The zero-order valence-corrected chi connectivity index (χ0v) is 13.5. The van der Waals surface area contributed by atoms with Crippen LogP contribution in [0.1, 0.15) is 17.8 Å². The molecule has 0 aliphatic rings. The summed E-state index contributed by atoms with van der Waals surface area (Å²) in [5.41, 5.74) is 2.97. The van der Waals surface area contributed by atoms with Gasteiger partial charge in [0.05, 0.1) is 19.9 Å². The Morgan fingerprint density at radius 3 is 2.36 bits per heavy atom. The number of aromatic nitrogens is 1. The van der Waals surface area contributed by atoms with Crippen LogP contribution in [0.3, 0.4) is 0 Å². The molecule has 0 spiro atoms. The third-order valence-corrected chi connectivity index (χ3v) is 3.66. The van der Waals surface area contributed by atoms with Crippen molar-refractivity contribution < 1.29 is 14.3 Å². The monoisotopic (exact) mass is 302 g/mol. The van der Waals surface area contributed by atoms with Gasteiger partial charge in [-0.1, -0.05) is 0 Å². The Labute approximate surface area is 130 Å². The fraction of sp³-hybridized carbons (Fsp3) is 0.353. The minimum atomic E-state index is -0.0454. The number of ether oxygens (including phenoxy) is 2. The molecular formula is C17H22N2O3. The van der Waals surface area contributed by atoms with Crippen molar-refractivity contribution >= 4 is 11.6 Å². The van der Waals surface area contributed by atoms with Crippen molar-refractivity contribution in [1.82, 2.24) is 4.57 Å². The molecule has 22 heavy (non-hydrogen) atoms. The molecule has 1 N–H and O–H groups in total. The Balaban J connectivity index is 2.00. The lowest BCUT2D eigenvalue weighted by Crippen LogP contribution is -2.16. The average Bonchev–Trinajstić information content (AvgIpc) is 2.84. The first-order chi connectivity index (χ1) is 10.5. The lowest BCUT2D eigenvalue weighted by atomic mass is 10.2. The summed E-state index contributed by atoms with van der Waals surface area (Å²) in [6.45, 7) is 4.74. The van der Waals surface area contributed by atoms with Gasteiger partial charge in [0.1, 0.15) is 11.5 Å². The molecule has 0 bridgehead atoms. The van der Waals surface area contributed by atoms with Gasteiger partial charge in [-0.2, -0.15) is 0 Å². The largest absolute Gasteiger partial charge is 0.497 e. The molecular weight excluding hydrogens is 280 g/mol. The normalized spacial score (nSPS) is 10.4. The van der Waals surface area contributed by atoms with Gasteiger partial charge in [-0.25, -0.2) is 0 Å². The van der Waals surface area contributed by atoms with Gasteiger partial charge in [-0.3, -0.25) is 4.79 Å². The van der Waals surface area contributed by atoms with Crippen molar-refractivity contribution in [2.45, 2.75) is 26.8 Å². The molecule has 0 saturated carbocycles. The van der Waals surface area contributed by atoms with E-state index in [-0.39, 0.29) is 5.91 Å². The van der Waals surface area contributed by atoms with Crippen molar-refractivity contribution in [1.29, 1.82) is 0 Å². The molecule has 0 fully saturated rings. The fourth-order valence-corrected chi connectivity index (χ4v) is 2.38. The highest BCUT2D eigenvalue weighted by Crippen LogP contribution is 2.29. The Kier molecular flexibility index (Phi) is 5.09. The van der Waals surface area contributed by atoms with Gasteiger partial charge in [-0.15, -0.1) is 0 Å². The number of methoxy groups -OCH3 is 2. The van der Waals surface area contributed by atoms with Crippen LogP contribution in [0.2, 0.25) is 0 Å². The van der Waals surface area contributed by atoms with Crippen LogP contribution in [-0.2, 0) is 11.3 Å². The standard InChI is InChI=1S/C17H22N2O3/c1-12-5-6-13(2)19(12)10-9-17(20)18-15-8-7-14(21-3)11-16(15)22-4/h5-8,11H,9-10H2,1-4H3,(H,18,20). The number of nitrogens with zero attached hydrogens (tertiary/aromatic N) is 1. The second-order valence-corrected chi connectivity index (χ2v) is 5.13. The zero-order valence-electron chi connectivity index (χ0n) is 13.5. The zero-order chi connectivity index (χ0) is 16.1. The van der Waals surface area contributed by atoms with Gasteiger partial charge in [-0.05, 0) is 38.1 Å². The van der Waals surface area contributed by atoms with Crippen molar-refractivity contribution in [3.8, 4) is 11.5 Å². The Morgan fingerprint density at radius 2 is 1.77 bits per heavy atom. The molecule has 0 atom stereocenters. The molecule has 1 heterocycles. The average molecular weight is 302 g/mol. The maximum Gasteiger partial charge on any atom is 0.226 e. The van der Waals surface area contributed by atoms with E-state index in [2.05, 4.69) is 22.0 Å². The molecule has 118 valence electrons. The molecule has 5 heteroatoms. The Morgan fingerprint density at radius 1 is 1.09 bits per heavy atom. The molecule has 2 rings (SSSR count). The quantitative estimate of drug-likeness (QED) is 0.892. The summed E-state index contributed by atoms with van der Waals surface area (Å²) in [6.07, 6.45) is 0.408. The first-order valence-corrected chi connectivity index (χ1v) is 7.19. The number of carbonyl (C=O) groups is 1. The van der Waals surface area contributed by atoms with Gasteiger partial charge >= 0.3 is 0 Å². The van der Waals surface area contributed by atoms with Crippen LogP contribution in [0, 0.1) is 13.8 Å². The van der Waals surface area contributed by atoms with E-state index in [0.29, 0.717) is 30.2 Å². The molecule has 1 aromatic carbocycles. The van der Waals surface area contributed by atoms with Gasteiger partial charge in [0, 0.05) is 30.4 Å². The van der Waals surface area contributed by atoms with E-state index < -0.39 is 0 Å². The number of rotatable bonds is 6. The van der Waals surface area contributed by atoms with Gasteiger partial charge in [0.15, 0.2) is 0 Å². The van der Waals surface area contributed by atoms with E-state index >= 15 is 0 Å². The van der Waals surface area contributed by atoms with Crippen molar-refractivity contribution in [2.75, 3.05) is 19.5 Å². The number of hydrogen-bond donors (Lipinski definition) is 1. The second-order valence-electron chi connectivity index (χ2n) is 5.13. The SMILES string of the molecule is COc1ccc(NC(=O)CCn2c(C)ccc2C)c(OC)c1. The second kappa shape index (κ2) is 7.02. The highest BCUT2D eigenvalue weighted by atomic mass is 16.5. The van der Waals surface area contributed by atoms with Crippen LogP contribution in [0.5, 0.6) is 11.5 Å². The smallest absolute Gasteiger partial charge is 0.226 e. The minimum Gasteiger partial charge on any atom is -0.497 e. The number of anilines is 1. The molecule has 1 aromatic heterocycles. The minimum absolute atomic E-state index is 0.0454. The van der Waals surface area contributed by atoms with Crippen LogP contribution < -0.4 is 14.8 Å². The molecule has 2 aromatic rings. The lowest BCUT2D eigenvalue weighted by Gasteiger charge is -2.13. The number of aryl methyl sites for hydroxylation is 2. The molecule has 5 nitrogen and oxygen atoms in total. The highest BCUT2D eigenvalue weighted by Gasteiger charge is 2.10. The number of carbonyl (C=O) groups excluding carboxylic acids is 1. The van der Waals surface area contributed by atoms with Crippen LogP contribution in [0.25, 0.3) is 0 Å². The number of benzene rings is 1. The molecule has 0 aliphatic heterocycles. The van der Waals surface area contributed by atoms with Crippen LogP contribution >= 0.6 is 0 Å². The van der Waals surface area contributed by atoms with Crippen LogP contribution in [0.15, 0.2) is 30.3 Å². The van der Waals surface area contributed by atoms with E-state index in [9.17, 15) is 4.79 Å². The fourth-order valence-electron chi connectivity index (χ4n) is 2.38. The molecule has 0 aliphatic carbocycles. The lowest BCUT2D eigenvalue weighted by molar-refractivity contribution is -0.116. The third kappa shape index (κ3) is 3.61. The summed E-state index contributed by atoms with van der Waals surface area (Å²) < 4.78 is 12.6. The summed E-state index contributed by atoms with van der Waals surface area (Å²) in [4.78, 5) is 12.1. The third-order valence-electron chi connectivity index (χ3n) is 3.66. The molecule has 0 radical (unpaired) electrons. The summed E-state index contributed by atoms with van der Waals surface area (Å²) in [7, 11) is 3.16. The first kappa shape index (κ1) is 15.9. The maximum atomic E-state index is 12.1.